The number of hydrogen-bond acceptors (Lipinski definition) is 2. The summed E-state index contributed by atoms with van der Waals surface area (Å²) in [5.74, 6) is -1.68. The van der Waals surface area contributed by atoms with Gasteiger partial charge in [0.15, 0.2) is 0 Å². The summed E-state index contributed by atoms with van der Waals surface area (Å²) in [4.78, 5) is 22.3. The van der Waals surface area contributed by atoms with Crippen molar-refractivity contribution in [3.63, 3.8) is 0 Å². The van der Waals surface area contributed by atoms with Crippen molar-refractivity contribution in [2.45, 2.75) is 6.54 Å². The van der Waals surface area contributed by atoms with Crippen LogP contribution in [0.4, 0.5) is 4.39 Å². The molecule has 5 nitrogen and oxygen atoms in total. The number of para-hydroxylation sites is 1. The molecule has 16 heavy (non-hydrogen) atoms. The van der Waals surface area contributed by atoms with Crippen LogP contribution < -0.4 is 5.69 Å². The van der Waals surface area contributed by atoms with Crippen molar-refractivity contribution in [2.24, 2.45) is 7.05 Å². The maximum absolute atomic E-state index is 13.5. The van der Waals surface area contributed by atoms with Crippen LogP contribution in [0, 0.1) is 5.82 Å². The maximum Gasteiger partial charge on any atom is 0.329 e. The zero-order chi connectivity index (χ0) is 11.9. The van der Waals surface area contributed by atoms with Crippen LogP contribution in [0.15, 0.2) is 23.0 Å². The molecule has 1 heterocycles. The van der Waals surface area contributed by atoms with E-state index in [2.05, 4.69) is 0 Å². The molecular weight excluding hydrogens is 215 g/mol. The highest BCUT2D eigenvalue weighted by Gasteiger charge is 2.15. The number of halogens is 1. The molecule has 0 saturated carbocycles. The number of aliphatic carboxylic acids is 1. The van der Waals surface area contributed by atoms with Crippen LogP contribution in [-0.2, 0) is 18.4 Å². The highest BCUT2D eigenvalue weighted by molar-refractivity contribution is 5.78. The lowest BCUT2D eigenvalue weighted by molar-refractivity contribution is -0.137. The van der Waals surface area contributed by atoms with E-state index >= 15 is 0 Å². The van der Waals surface area contributed by atoms with Crippen molar-refractivity contribution in [1.29, 1.82) is 0 Å². The van der Waals surface area contributed by atoms with Crippen molar-refractivity contribution in [3.8, 4) is 0 Å². The van der Waals surface area contributed by atoms with Gasteiger partial charge < -0.3 is 5.11 Å². The lowest BCUT2D eigenvalue weighted by Crippen LogP contribution is -2.25. The lowest BCUT2D eigenvalue weighted by Gasteiger charge is -1.98. The molecule has 0 bridgehead atoms. The van der Waals surface area contributed by atoms with Crippen LogP contribution in [0.1, 0.15) is 0 Å². The van der Waals surface area contributed by atoms with Gasteiger partial charge in [-0.25, -0.2) is 9.18 Å². The summed E-state index contributed by atoms with van der Waals surface area (Å²) >= 11 is 0. The van der Waals surface area contributed by atoms with E-state index in [0.29, 0.717) is 0 Å². The number of hydrogen-bond donors (Lipinski definition) is 1. The highest BCUT2D eigenvalue weighted by Crippen LogP contribution is 2.15. The molecule has 1 aromatic carbocycles. The second-order valence-electron chi connectivity index (χ2n) is 3.43. The van der Waals surface area contributed by atoms with Gasteiger partial charge in [0.1, 0.15) is 17.9 Å². The molecule has 84 valence electrons. The summed E-state index contributed by atoms with van der Waals surface area (Å²) in [7, 11) is 1.41. The number of imidazole rings is 1. The number of rotatable bonds is 2. The lowest BCUT2D eigenvalue weighted by atomic mass is 10.3. The zero-order valence-corrected chi connectivity index (χ0v) is 8.48. The second-order valence-corrected chi connectivity index (χ2v) is 3.43. The molecule has 0 unspecified atom stereocenters. The molecule has 0 saturated heterocycles. The molecule has 0 amide bonds. The number of aryl methyl sites for hydroxylation is 1. The van der Waals surface area contributed by atoms with Gasteiger partial charge in [-0.05, 0) is 12.1 Å². The minimum Gasteiger partial charge on any atom is -0.480 e. The SMILES string of the molecule is Cn1c(=O)n(CC(=O)O)c2cccc(F)c21. The van der Waals surface area contributed by atoms with Gasteiger partial charge >= 0.3 is 11.7 Å². The summed E-state index contributed by atoms with van der Waals surface area (Å²) in [5.41, 5.74) is -0.133. The van der Waals surface area contributed by atoms with E-state index in [1.807, 2.05) is 0 Å². The Kier molecular flexibility index (Phi) is 2.26. The Morgan fingerprint density at radius 3 is 2.81 bits per heavy atom. The quantitative estimate of drug-likeness (QED) is 0.810. The molecule has 0 spiro atoms. The third-order valence-corrected chi connectivity index (χ3v) is 2.40. The summed E-state index contributed by atoms with van der Waals surface area (Å²) in [6.07, 6.45) is 0. The van der Waals surface area contributed by atoms with Crippen LogP contribution in [-0.4, -0.2) is 20.2 Å². The highest BCUT2D eigenvalue weighted by atomic mass is 19.1. The first-order chi connectivity index (χ1) is 7.52. The molecule has 6 heteroatoms. The van der Waals surface area contributed by atoms with E-state index in [0.717, 1.165) is 9.13 Å². The van der Waals surface area contributed by atoms with E-state index in [1.165, 1.54) is 25.2 Å². The zero-order valence-electron chi connectivity index (χ0n) is 8.48. The first-order valence-electron chi connectivity index (χ1n) is 4.58. The van der Waals surface area contributed by atoms with Gasteiger partial charge in [0.25, 0.3) is 0 Å². The van der Waals surface area contributed by atoms with E-state index in [4.69, 9.17) is 5.11 Å². The number of carboxylic acids is 1. The predicted octanol–water partition coefficient (Wildman–Crippen LogP) is 0.564. The van der Waals surface area contributed by atoms with Gasteiger partial charge in [-0.2, -0.15) is 0 Å². The number of aromatic nitrogens is 2. The Bertz CT molecular complexity index is 627. The number of carbonyl (C=O) groups is 1. The van der Waals surface area contributed by atoms with E-state index in [1.54, 1.807) is 0 Å². The van der Waals surface area contributed by atoms with Gasteiger partial charge in [-0.1, -0.05) is 6.07 Å². The van der Waals surface area contributed by atoms with Gasteiger partial charge in [0, 0.05) is 7.05 Å². The Balaban J connectivity index is 2.84. The molecule has 2 rings (SSSR count). The van der Waals surface area contributed by atoms with Gasteiger partial charge in [0.05, 0.1) is 5.52 Å². The smallest absolute Gasteiger partial charge is 0.329 e. The van der Waals surface area contributed by atoms with Gasteiger partial charge in [-0.3, -0.25) is 13.9 Å². The Morgan fingerprint density at radius 2 is 2.19 bits per heavy atom. The fourth-order valence-corrected chi connectivity index (χ4v) is 1.72. The molecule has 1 N–H and O–H groups in total. The fourth-order valence-electron chi connectivity index (χ4n) is 1.72. The molecular formula is C10H9FN2O3. The average Bonchev–Trinajstić information content (AvgIpc) is 2.44. The molecule has 2 aromatic rings. The van der Waals surface area contributed by atoms with Crippen LogP contribution in [0.5, 0.6) is 0 Å². The molecule has 1 aromatic heterocycles. The van der Waals surface area contributed by atoms with Crippen molar-refractivity contribution in [1.82, 2.24) is 9.13 Å². The van der Waals surface area contributed by atoms with Crippen LogP contribution in [0.2, 0.25) is 0 Å². The van der Waals surface area contributed by atoms with Crippen molar-refractivity contribution in [3.05, 3.63) is 34.5 Å². The Labute approximate surface area is 89.3 Å². The van der Waals surface area contributed by atoms with Crippen molar-refractivity contribution < 1.29 is 14.3 Å². The van der Waals surface area contributed by atoms with Gasteiger partial charge in [-0.15, -0.1) is 0 Å². The molecule has 0 aliphatic carbocycles. The van der Waals surface area contributed by atoms with E-state index in [9.17, 15) is 14.0 Å². The first kappa shape index (κ1) is 10.4. The minimum absolute atomic E-state index is 0.119. The topological polar surface area (TPSA) is 64.2 Å². The number of benzene rings is 1. The summed E-state index contributed by atoms with van der Waals surface area (Å²) in [5, 5.41) is 8.67. The summed E-state index contributed by atoms with van der Waals surface area (Å²) in [6.45, 7) is -0.473. The van der Waals surface area contributed by atoms with Crippen LogP contribution in [0.3, 0.4) is 0 Å². The van der Waals surface area contributed by atoms with E-state index < -0.39 is 24.0 Å². The summed E-state index contributed by atoms with van der Waals surface area (Å²) < 4.78 is 15.6. The van der Waals surface area contributed by atoms with Crippen LogP contribution >= 0.6 is 0 Å². The van der Waals surface area contributed by atoms with Gasteiger partial charge in [0.2, 0.25) is 0 Å². The second kappa shape index (κ2) is 3.48. The molecule has 0 aliphatic heterocycles. The average molecular weight is 224 g/mol. The number of fused-ring (bicyclic) bond motifs is 1. The summed E-state index contributed by atoms with van der Waals surface area (Å²) in [6, 6.07) is 4.19. The Hall–Kier alpha value is -2.11. The standard InChI is InChI=1S/C10H9FN2O3/c1-12-9-6(11)3-2-4-7(9)13(10(12)16)5-8(14)15/h2-4H,5H2,1H3,(H,14,15). The number of carboxylic acid groups (broad SMARTS) is 1. The third-order valence-electron chi connectivity index (χ3n) is 2.40. The minimum atomic E-state index is -1.14. The normalized spacial score (nSPS) is 10.9. The van der Waals surface area contributed by atoms with Crippen LogP contribution in [0.25, 0.3) is 11.0 Å². The first-order valence-corrected chi connectivity index (χ1v) is 4.58. The molecule has 0 radical (unpaired) electrons. The van der Waals surface area contributed by atoms with Crippen molar-refractivity contribution in [2.75, 3.05) is 0 Å². The Morgan fingerprint density at radius 1 is 1.50 bits per heavy atom. The number of nitrogens with zero attached hydrogens (tertiary/aromatic N) is 2. The molecule has 0 atom stereocenters. The maximum atomic E-state index is 13.5. The molecule has 0 aliphatic rings. The fraction of sp³-hybridized carbons (Fsp3) is 0.200. The largest absolute Gasteiger partial charge is 0.480 e. The third kappa shape index (κ3) is 1.39. The van der Waals surface area contributed by atoms with E-state index in [-0.39, 0.29) is 11.0 Å². The monoisotopic (exact) mass is 224 g/mol. The molecule has 0 fully saturated rings. The predicted molar refractivity (Wildman–Crippen MR) is 54.8 cm³/mol. The van der Waals surface area contributed by atoms with Crippen molar-refractivity contribution >= 4 is 17.0 Å².